The molecule has 5 nitrogen and oxygen atoms in total. The topological polar surface area (TPSA) is 65.5 Å². The highest BCUT2D eigenvalue weighted by atomic mass is 16.2. The van der Waals surface area contributed by atoms with E-state index in [2.05, 4.69) is 83.8 Å². The fourth-order valence-corrected chi connectivity index (χ4v) is 4.00. The van der Waals surface area contributed by atoms with Crippen molar-refractivity contribution in [3.05, 3.63) is 83.4 Å². The van der Waals surface area contributed by atoms with Crippen molar-refractivity contribution in [1.82, 2.24) is 16.3 Å². The minimum absolute atomic E-state index is 0.106. The number of carbonyl (C=O) groups excluding carboxylic acids is 1. The Hall–Kier alpha value is -3.02. The van der Waals surface area contributed by atoms with Crippen LogP contribution in [0.3, 0.4) is 0 Å². The molecule has 31 heavy (non-hydrogen) atoms. The number of carbonyl (C=O) groups is 1. The smallest absolute Gasteiger partial charge is 0.258 e. The largest absolute Gasteiger partial charge is 0.271 e. The van der Waals surface area contributed by atoms with Crippen molar-refractivity contribution < 1.29 is 4.79 Å². The lowest BCUT2D eigenvalue weighted by atomic mass is 9.97. The van der Waals surface area contributed by atoms with Gasteiger partial charge in [0.2, 0.25) is 0 Å². The van der Waals surface area contributed by atoms with Crippen molar-refractivity contribution in [2.45, 2.75) is 45.7 Å². The van der Waals surface area contributed by atoms with E-state index in [-0.39, 0.29) is 18.0 Å². The maximum Gasteiger partial charge on any atom is 0.258 e. The number of rotatable bonds is 6. The average Bonchev–Trinajstić information content (AvgIpc) is 3.27. The molecule has 0 aromatic heterocycles. The number of hydrogen-bond donors (Lipinski definition) is 3. The van der Waals surface area contributed by atoms with Crippen molar-refractivity contribution in [3.63, 3.8) is 0 Å². The maximum absolute atomic E-state index is 12.6. The molecule has 0 saturated carbocycles. The summed E-state index contributed by atoms with van der Waals surface area (Å²) in [6.45, 7) is 6.36. The molecule has 1 fully saturated rings. The first-order valence-electron chi connectivity index (χ1n) is 10.9. The van der Waals surface area contributed by atoms with Crippen LogP contribution in [-0.4, -0.2) is 17.7 Å². The summed E-state index contributed by atoms with van der Waals surface area (Å²) >= 11 is 0. The SMILES string of the molecule is C/C(=N\NC(=O)C1CC(c2ccc(CC(C)C)cc2)NN1)c1ccc2ccccc2c1. The first kappa shape index (κ1) is 21.2. The van der Waals surface area contributed by atoms with Crippen molar-refractivity contribution >= 4 is 22.4 Å². The van der Waals surface area contributed by atoms with Gasteiger partial charge >= 0.3 is 0 Å². The van der Waals surface area contributed by atoms with E-state index >= 15 is 0 Å². The van der Waals surface area contributed by atoms with E-state index in [0.29, 0.717) is 12.3 Å². The fourth-order valence-electron chi connectivity index (χ4n) is 4.00. The van der Waals surface area contributed by atoms with Gasteiger partial charge in [-0.25, -0.2) is 16.3 Å². The lowest BCUT2D eigenvalue weighted by Gasteiger charge is -2.11. The molecule has 1 aliphatic rings. The van der Waals surface area contributed by atoms with E-state index in [1.54, 1.807) is 0 Å². The Morgan fingerprint density at radius 1 is 1.03 bits per heavy atom. The summed E-state index contributed by atoms with van der Waals surface area (Å²) in [5.74, 6) is 0.510. The van der Waals surface area contributed by atoms with Gasteiger partial charge in [0, 0.05) is 6.04 Å². The predicted octanol–water partition coefficient (Wildman–Crippen LogP) is 4.49. The molecule has 4 rings (SSSR count). The van der Waals surface area contributed by atoms with Crippen LogP contribution < -0.4 is 16.3 Å². The standard InChI is InChI=1S/C26H30N4O/c1-17(2)14-19-8-10-21(11-9-19)24-16-25(29-28-24)26(31)30-27-18(3)22-13-12-20-6-4-5-7-23(20)15-22/h4-13,15,17,24-25,28-29H,14,16H2,1-3H3,(H,30,31)/b27-18+. The number of nitrogens with one attached hydrogen (secondary N) is 3. The minimum atomic E-state index is -0.325. The van der Waals surface area contributed by atoms with Gasteiger partial charge < -0.3 is 0 Å². The predicted molar refractivity (Wildman–Crippen MR) is 127 cm³/mol. The van der Waals surface area contributed by atoms with Crippen molar-refractivity contribution in [2.24, 2.45) is 11.0 Å². The first-order chi connectivity index (χ1) is 15.0. The first-order valence-corrected chi connectivity index (χ1v) is 10.9. The third-order valence-electron chi connectivity index (χ3n) is 5.75. The van der Waals surface area contributed by atoms with Crippen molar-refractivity contribution in [3.8, 4) is 0 Å². The van der Waals surface area contributed by atoms with Gasteiger partial charge in [0.15, 0.2) is 0 Å². The number of benzene rings is 3. The summed E-state index contributed by atoms with van der Waals surface area (Å²) in [6, 6.07) is 22.9. The quantitative estimate of drug-likeness (QED) is 0.411. The molecule has 3 N–H and O–H groups in total. The molecule has 1 amide bonds. The Labute approximate surface area is 183 Å². The number of amides is 1. The van der Waals surface area contributed by atoms with Crippen LogP contribution in [0.25, 0.3) is 10.8 Å². The Morgan fingerprint density at radius 3 is 2.52 bits per heavy atom. The average molecular weight is 415 g/mol. The van der Waals surface area contributed by atoms with Crippen molar-refractivity contribution in [2.75, 3.05) is 0 Å². The molecule has 2 unspecified atom stereocenters. The van der Waals surface area contributed by atoms with Crippen LogP contribution >= 0.6 is 0 Å². The second kappa shape index (κ2) is 9.41. The zero-order valence-corrected chi connectivity index (χ0v) is 18.4. The third kappa shape index (κ3) is 5.19. The highest BCUT2D eigenvalue weighted by Gasteiger charge is 2.30. The lowest BCUT2D eigenvalue weighted by Crippen LogP contribution is -2.41. The highest BCUT2D eigenvalue weighted by Crippen LogP contribution is 2.23. The van der Waals surface area contributed by atoms with Gasteiger partial charge in [-0.15, -0.1) is 0 Å². The van der Waals surface area contributed by atoms with E-state index in [9.17, 15) is 4.79 Å². The van der Waals surface area contributed by atoms with Crippen LogP contribution in [0.1, 0.15) is 49.9 Å². The number of hydrazine groups is 1. The molecule has 0 radical (unpaired) electrons. The summed E-state index contributed by atoms with van der Waals surface area (Å²) in [4.78, 5) is 12.6. The third-order valence-corrected chi connectivity index (χ3v) is 5.75. The van der Waals surface area contributed by atoms with Crippen LogP contribution in [-0.2, 0) is 11.2 Å². The zero-order valence-electron chi connectivity index (χ0n) is 18.4. The van der Waals surface area contributed by atoms with Gasteiger partial charge in [-0.1, -0.05) is 74.5 Å². The van der Waals surface area contributed by atoms with Gasteiger partial charge in [0.1, 0.15) is 6.04 Å². The van der Waals surface area contributed by atoms with E-state index in [4.69, 9.17) is 0 Å². The van der Waals surface area contributed by atoms with E-state index in [1.807, 2.05) is 25.1 Å². The molecule has 0 spiro atoms. The zero-order chi connectivity index (χ0) is 21.8. The van der Waals surface area contributed by atoms with Gasteiger partial charge in [-0.2, -0.15) is 5.10 Å². The molecule has 160 valence electrons. The Kier molecular flexibility index (Phi) is 6.44. The molecule has 1 aliphatic heterocycles. The van der Waals surface area contributed by atoms with Gasteiger partial charge in [-0.3, -0.25) is 4.79 Å². The molecule has 1 heterocycles. The number of fused-ring (bicyclic) bond motifs is 1. The molecular weight excluding hydrogens is 384 g/mol. The molecule has 1 saturated heterocycles. The Morgan fingerprint density at radius 2 is 1.77 bits per heavy atom. The van der Waals surface area contributed by atoms with E-state index in [1.165, 1.54) is 16.5 Å². The molecule has 5 heteroatoms. The Bertz CT molecular complexity index is 1090. The molecule has 2 atom stereocenters. The normalized spacial score (nSPS) is 19.2. The summed E-state index contributed by atoms with van der Waals surface area (Å²) in [5, 5.41) is 6.68. The summed E-state index contributed by atoms with van der Waals surface area (Å²) in [6.07, 6.45) is 1.76. The monoisotopic (exact) mass is 414 g/mol. The second-order valence-corrected chi connectivity index (χ2v) is 8.70. The highest BCUT2D eigenvalue weighted by molar-refractivity contribution is 6.02. The van der Waals surface area contributed by atoms with Crippen LogP contribution in [0.5, 0.6) is 0 Å². The summed E-state index contributed by atoms with van der Waals surface area (Å²) in [5.41, 5.74) is 13.4. The minimum Gasteiger partial charge on any atom is -0.271 e. The van der Waals surface area contributed by atoms with Crippen LogP contribution in [0, 0.1) is 5.92 Å². The van der Waals surface area contributed by atoms with Gasteiger partial charge in [0.25, 0.3) is 5.91 Å². The summed E-state index contributed by atoms with van der Waals surface area (Å²) < 4.78 is 0. The van der Waals surface area contributed by atoms with Crippen molar-refractivity contribution in [1.29, 1.82) is 0 Å². The van der Waals surface area contributed by atoms with E-state index < -0.39 is 0 Å². The molecular formula is C26H30N4O. The van der Waals surface area contributed by atoms with Gasteiger partial charge in [-0.05, 0) is 59.2 Å². The van der Waals surface area contributed by atoms with E-state index in [0.717, 1.165) is 23.1 Å². The van der Waals surface area contributed by atoms with Crippen LogP contribution in [0.4, 0.5) is 0 Å². The number of hydrogen-bond acceptors (Lipinski definition) is 4. The van der Waals surface area contributed by atoms with Crippen LogP contribution in [0.2, 0.25) is 0 Å². The molecule has 0 aliphatic carbocycles. The maximum atomic E-state index is 12.6. The molecule has 3 aromatic rings. The Balaban J connectivity index is 1.35. The number of hydrazone groups is 1. The summed E-state index contributed by atoms with van der Waals surface area (Å²) in [7, 11) is 0. The molecule has 3 aromatic carbocycles. The lowest BCUT2D eigenvalue weighted by molar-refractivity contribution is -0.122. The fraction of sp³-hybridized carbons (Fsp3) is 0.308. The second-order valence-electron chi connectivity index (χ2n) is 8.70. The number of nitrogens with zero attached hydrogens (tertiary/aromatic N) is 1. The van der Waals surface area contributed by atoms with Gasteiger partial charge in [0.05, 0.1) is 5.71 Å². The van der Waals surface area contributed by atoms with Crippen LogP contribution in [0.15, 0.2) is 71.8 Å². The molecule has 0 bridgehead atoms.